The van der Waals surface area contributed by atoms with Crippen LogP contribution < -0.4 is 5.73 Å². The van der Waals surface area contributed by atoms with E-state index in [0.717, 1.165) is 0 Å². The van der Waals surface area contributed by atoms with Gasteiger partial charge in [-0.25, -0.2) is 0 Å². The lowest BCUT2D eigenvalue weighted by Gasteiger charge is -2.42. The van der Waals surface area contributed by atoms with E-state index >= 15 is 0 Å². The van der Waals surface area contributed by atoms with Crippen molar-refractivity contribution in [2.45, 2.75) is 46.1 Å². The van der Waals surface area contributed by atoms with E-state index in [1.165, 1.54) is 7.11 Å². The van der Waals surface area contributed by atoms with Crippen LogP contribution in [0.2, 0.25) is 0 Å². The molecule has 0 spiro atoms. The van der Waals surface area contributed by atoms with Crippen LogP contribution in [-0.4, -0.2) is 42.5 Å². The van der Waals surface area contributed by atoms with Crippen LogP contribution in [0.1, 0.15) is 40.5 Å². The summed E-state index contributed by atoms with van der Waals surface area (Å²) in [6.07, 6.45) is 1.33. The minimum atomic E-state index is -0.620. The van der Waals surface area contributed by atoms with Crippen LogP contribution in [0.5, 0.6) is 0 Å². The maximum Gasteiger partial charge on any atom is 0.308 e. The predicted molar refractivity (Wildman–Crippen MR) is 73.4 cm³/mol. The lowest BCUT2D eigenvalue weighted by atomic mass is 9.73. The average Bonchev–Trinajstić information content (AvgIpc) is 2.35. The normalized spacial score (nSPS) is 18.3. The quantitative estimate of drug-likeness (QED) is 0.781. The van der Waals surface area contributed by atoms with Crippen molar-refractivity contribution in [2.75, 3.05) is 20.2 Å². The summed E-state index contributed by atoms with van der Waals surface area (Å²) < 4.78 is 4.74. The molecular formula is C14H26N2O3. The van der Waals surface area contributed by atoms with Gasteiger partial charge in [0, 0.05) is 18.6 Å². The van der Waals surface area contributed by atoms with Gasteiger partial charge < -0.3 is 15.4 Å². The third kappa shape index (κ3) is 3.26. The highest BCUT2D eigenvalue weighted by Gasteiger charge is 2.43. The van der Waals surface area contributed by atoms with Crippen LogP contribution in [0.25, 0.3) is 0 Å². The molecule has 110 valence electrons. The highest BCUT2D eigenvalue weighted by Crippen LogP contribution is 2.32. The highest BCUT2D eigenvalue weighted by atomic mass is 16.5. The van der Waals surface area contributed by atoms with Gasteiger partial charge in [0.15, 0.2) is 0 Å². The molecular weight excluding hydrogens is 244 g/mol. The van der Waals surface area contributed by atoms with E-state index in [1.54, 1.807) is 0 Å². The molecule has 5 heteroatoms. The minimum Gasteiger partial charge on any atom is -0.469 e. The SMILES string of the molecule is COC(=O)C1CCN(C(=O)C(C)(C)C(C)(C)N)CC1. The lowest BCUT2D eigenvalue weighted by molar-refractivity contribution is -0.152. The van der Waals surface area contributed by atoms with E-state index in [2.05, 4.69) is 0 Å². The molecule has 5 nitrogen and oxygen atoms in total. The van der Waals surface area contributed by atoms with E-state index in [4.69, 9.17) is 10.5 Å². The molecule has 1 aliphatic rings. The van der Waals surface area contributed by atoms with E-state index < -0.39 is 11.0 Å². The molecule has 0 aromatic carbocycles. The number of nitrogens with two attached hydrogens (primary N) is 1. The van der Waals surface area contributed by atoms with Gasteiger partial charge in [0.25, 0.3) is 0 Å². The zero-order valence-corrected chi connectivity index (χ0v) is 12.7. The molecule has 19 heavy (non-hydrogen) atoms. The predicted octanol–water partition coefficient (Wildman–Crippen LogP) is 1.16. The number of hydrogen-bond acceptors (Lipinski definition) is 4. The molecule has 1 amide bonds. The van der Waals surface area contributed by atoms with Crippen LogP contribution in [0, 0.1) is 11.3 Å². The molecule has 1 rings (SSSR count). The van der Waals surface area contributed by atoms with Crippen LogP contribution in [-0.2, 0) is 14.3 Å². The molecule has 0 aromatic rings. The molecule has 0 radical (unpaired) electrons. The second kappa shape index (κ2) is 5.49. The second-order valence-corrected chi connectivity index (χ2v) is 6.44. The average molecular weight is 270 g/mol. The molecule has 0 atom stereocenters. The van der Waals surface area contributed by atoms with Crippen molar-refractivity contribution >= 4 is 11.9 Å². The van der Waals surface area contributed by atoms with Gasteiger partial charge in [-0.05, 0) is 40.5 Å². The van der Waals surface area contributed by atoms with E-state index in [-0.39, 0.29) is 17.8 Å². The van der Waals surface area contributed by atoms with E-state index in [1.807, 2.05) is 32.6 Å². The number of piperidine rings is 1. The first-order valence-electron chi connectivity index (χ1n) is 6.77. The smallest absolute Gasteiger partial charge is 0.308 e. The van der Waals surface area contributed by atoms with Crippen LogP contribution in [0.15, 0.2) is 0 Å². The third-order valence-corrected chi connectivity index (χ3v) is 4.46. The summed E-state index contributed by atoms with van der Waals surface area (Å²) in [5, 5.41) is 0. The number of hydrogen-bond donors (Lipinski definition) is 1. The van der Waals surface area contributed by atoms with Gasteiger partial charge in [-0.3, -0.25) is 9.59 Å². The van der Waals surface area contributed by atoms with Crippen LogP contribution in [0.3, 0.4) is 0 Å². The Morgan fingerprint density at radius 2 is 1.63 bits per heavy atom. The Bertz CT molecular complexity index is 350. The van der Waals surface area contributed by atoms with Crippen molar-refractivity contribution < 1.29 is 14.3 Å². The first-order valence-corrected chi connectivity index (χ1v) is 6.77. The van der Waals surface area contributed by atoms with E-state index in [9.17, 15) is 9.59 Å². The second-order valence-electron chi connectivity index (χ2n) is 6.44. The van der Waals surface area contributed by atoms with Crippen molar-refractivity contribution in [2.24, 2.45) is 17.1 Å². The van der Waals surface area contributed by atoms with Crippen LogP contribution >= 0.6 is 0 Å². The Hall–Kier alpha value is -1.10. The number of carbonyl (C=O) groups excluding carboxylic acids is 2. The van der Waals surface area contributed by atoms with Gasteiger partial charge in [0.05, 0.1) is 18.4 Å². The lowest BCUT2D eigenvalue weighted by Crippen LogP contribution is -2.57. The van der Waals surface area contributed by atoms with Crippen molar-refractivity contribution in [3.8, 4) is 0 Å². The number of nitrogens with zero attached hydrogens (tertiary/aromatic N) is 1. The van der Waals surface area contributed by atoms with Gasteiger partial charge in [-0.15, -0.1) is 0 Å². The summed E-state index contributed by atoms with van der Waals surface area (Å²) >= 11 is 0. The molecule has 1 aliphatic heterocycles. The third-order valence-electron chi connectivity index (χ3n) is 4.46. The molecule has 0 aromatic heterocycles. The number of likely N-dealkylation sites (tertiary alicyclic amines) is 1. The molecule has 0 unspecified atom stereocenters. The molecule has 0 aliphatic carbocycles. The Balaban J connectivity index is 2.66. The standard InChI is InChI=1S/C14H26N2O3/c1-13(2,14(3,4)15)12(18)16-8-6-10(7-9-16)11(17)19-5/h10H,6-9,15H2,1-5H3. The number of carbonyl (C=O) groups is 2. The monoisotopic (exact) mass is 270 g/mol. The Labute approximate surface area is 115 Å². The molecule has 1 heterocycles. The summed E-state index contributed by atoms with van der Waals surface area (Å²) in [5.74, 6) is -0.197. The minimum absolute atomic E-state index is 0.0586. The largest absolute Gasteiger partial charge is 0.469 e. The highest BCUT2D eigenvalue weighted by molar-refractivity contribution is 5.83. The number of methoxy groups -OCH3 is 1. The van der Waals surface area contributed by atoms with Crippen molar-refractivity contribution in [3.63, 3.8) is 0 Å². The Kier molecular flexibility index (Phi) is 4.61. The number of amides is 1. The Morgan fingerprint density at radius 3 is 2.00 bits per heavy atom. The summed E-state index contributed by atoms with van der Waals surface area (Å²) in [6, 6.07) is 0. The van der Waals surface area contributed by atoms with Crippen molar-refractivity contribution in [3.05, 3.63) is 0 Å². The Morgan fingerprint density at radius 1 is 1.16 bits per heavy atom. The fraction of sp³-hybridized carbons (Fsp3) is 0.857. The maximum atomic E-state index is 12.5. The maximum absolute atomic E-state index is 12.5. The number of ether oxygens (including phenoxy) is 1. The van der Waals surface area contributed by atoms with E-state index in [0.29, 0.717) is 25.9 Å². The van der Waals surface area contributed by atoms with Gasteiger partial charge in [0.1, 0.15) is 0 Å². The van der Waals surface area contributed by atoms with Gasteiger partial charge in [-0.2, -0.15) is 0 Å². The summed E-state index contributed by atoms with van der Waals surface area (Å²) in [6.45, 7) is 8.68. The molecule has 1 saturated heterocycles. The number of rotatable bonds is 3. The zero-order chi connectivity index (χ0) is 14.8. The summed E-state index contributed by atoms with van der Waals surface area (Å²) in [7, 11) is 1.40. The van der Waals surface area contributed by atoms with Gasteiger partial charge in [-0.1, -0.05) is 0 Å². The fourth-order valence-corrected chi connectivity index (χ4v) is 2.16. The zero-order valence-electron chi connectivity index (χ0n) is 12.7. The van der Waals surface area contributed by atoms with Crippen LogP contribution in [0.4, 0.5) is 0 Å². The first-order chi connectivity index (χ1) is 8.61. The van der Waals surface area contributed by atoms with Crippen molar-refractivity contribution in [1.29, 1.82) is 0 Å². The van der Waals surface area contributed by atoms with Gasteiger partial charge in [0.2, 0.25) is 5.91 Å². The molecule has 0 saturated carbocycles. The fourth-order valence-electron chi connectivity index (χ4n) is 2.16. The topological polar surface area (TPSA) is 72.6 Å². The summed E-state index contributed by atoms with van der Waals surface area (Å²) in [5.41, 5.74) is 4.90. The molecule has 0 bridgehead atoms. The molecule has 1 fully saturated rings. The number of esters is 1. The first kappa shape index (κ1) is 16.0. The molecule has 2 N–H and O–H groups in total. The van der Waals surface area contributed by atoms with Gasteiger partial charge >= 0.3 is 5.97 Å². The van der Waals surface area contributed by atoms with Crippen molar-refractivity contribution in [1.82, 2.24) is 4.90 Å². The summed E-state index contributed by atoms with van der Waals surface area (Å²) in [4.78, 5) is 25.8.